The van der Waals surface area contributed by atoms with E-state index in [1.54, 1.807) is 19.0 Å². The molecular weight excluding hydrogens is 256 g/mol. The lowest BCUT2D eigenvalue weighted by molar-refractivity contribution is 0.211. The molecule has 0 spiro atoms. The average Bonchev–Trinajstić information content (AvgIpc) is 2.26. The van der Waals surface area contributed by atoms with Gasteiger partial charge in [-0.2, -0.15) is 0 Å². The van der Waals surface area contributed by atoms with E-state index in [1.165, 1.54) is 5.56 Å². The van der Waals surface area contributed by atoms with Gasteiger partial charge < -0.3 is 10.2 Å². The topological polar surface area (TPSA) is 32.3 Å². The molecule has 1 aromatic carbocycles. The molecule has 2 amide bonds. The van der Waals surface area contributed by atoms with Crippen molar-refractivity contribution in [1.82, 2.24) is 10.2 Å². The van der Waals surface area contributed by atoms with Gasteiger partial charge in [0.1, 0.15) is 0 Å². The summed E-state index contributed by atoms with van der Waals surface area (Å²) in [6.45, 7) is 0.711. The SMILES string of the molecule is CNC(=O)N(C)CCc1ccccc1Br. The van der Waals surface area contributed by atoms with E-state index < -0.39 is 0 Å². The predicted molar refractivity (Wildman–Crippen MR) is 64.9 cm³/mol. The molecule has 0 aliphatic carbocycles. The van der Waals surface area contributed by atoms with E-state index in [9.17, 15) is 4.79 Å². The third-order valence-corrected chi connectivity index (χ3v) is 3.01. The van der Waals surface area contributed by atoms with E-state index in [2.05, 4.69) is 27.3 Å². The van der Waals surface area contributed by atoms with Crippen molar-refractivity contribution < 1.29 is 4.79 Å². The molecular formula is C11H15BrN2O. The first kappa shape index (κ1) is 12.0. The maximum Gasteiger partial charge on any atom is 0.316 e. The number of carbonyl (C=O) groups is 1. The summed E-state index contributed by atoms with van der Waals surface area (Å²) in [5.41, 5.74) is 1.22. The fourth-order valence-electron chi connectivity index (χ4n) is 1.28. The molecule has 1 N–H and O–H groups in total. The van der Waals surface area contributed by atoms with Crippen molar-refractivity contribution in [2.24, 2.45) is 0 Å². The van der Waals surface area contributed by atoms with Crippen LogP contribution in [0.2, 0.25) is 0 Å². The van der Waals surface area contributed by atoms with Gasteiger partial charge in [-0.3, -0.25) is 0 Å². The minimum atomic E-state index is -0.0537. The Morgan fingerprint density at radius 3 is 2.73 bits per heavy atom. The van der Waals surface area contributed by atoms with E-state index in [0.29, 0.717) is 6.54 Å². The van der Waals surface area contributed by atoms with Crippen LogP contribution in [-0.4, -0.2) is 31.6 Å². The van der Waals surface area contributed by atoms with Crippen LogP contribution in [-0.2, 0) is 6.42 Å². The second-order valence-electron chi connectivity index (χ2n) is 3.32. The van der Waals surface area contributed by atoms with Crippen LogP contribution in [0.5, 0.6) is 0 Å². The summed E-state index contributed by atoms with van der Waals surface area (Å²) >= 11 is 3.48. The largest absolute Gasteiger partial charge is 0.341 e. The lowest BCUT2D eigenvalue weighted by Gasteiger charge is -2.16. The number of likely N-dealkylation sites (N-methyl/N-ethyl adjacent to an activating group) is 1. The van der Waals surface area contributed by atoms with Gasteiger partial charge in [0.15, 0.2) is 0 Å². The number of amides is 2. The maximum atomic E-state index is 11.2. The Morgan fingerprint density at radius 1 is 1.47 bits per heavy atom. The molecule has 0 aliphatic heterocycles. The number of rotatable bonds is 3. The Balaban J connectivity index is 2.50. The molecule has 0 saturated carbocycles. The van der Waals surface area contributed by atoms with E-state index >= 15 is 0 Å². The van der Waals surface area contributed by atoms with Gasteiger partial charge in [-0.25, -0.2) is 4.79 Å². The summed E-state index contributed by atoms with van der Waals surface area (Å²) in [4.78, 5) is 12.9. The van der Waals surface area contributed by atoms with Crippen LogP contribution in [0.25, 0.3) is 0 Å². The number of benzene rings is 1. The van der Waals surface area contributed by atoms with Gasteiger partial charge in [-0.1, -0.05) is 34.1 Å². The number of carbonyl (C=O) groups excluding carboxylic acids is 1. The van der Waals surface area contributed by atoms with Crippen molar-refractivity contribution in [3.63, 3.8) is 0 Å². The van der Waals surface area contributed by atoms with Crippen LogP contribution in [0.15, 0.2) is 28.7 Å². The van der Waals surface area contributed by atoms with Gasteiger partial charge in [0.05, 0.1) is 0 Å². The zero-order valence-corrected chi connectivity index (χ0v) is 10.5. The summed E-state index contributed by atoms with van der Waals surface area (Å²) in [5.74, 6) is 0. The van der Waals surface area contributed by atoms with Crippen molar-refractivity contribution in [2.45, 2.75) is 6.42 Å². The third-order valence-electron chi connectivity index (χ3n) is 2.23. The molecule has 82 valence electrons. The highest BCUT2D eigenvalue weighted by Gasteiger charge is 2.06. The molecule has 0 heterocycles. The predicted octanol–water partition coefficient (Wildman–Crippen LogP) is 2.26. The van der Waals surface area contributed by atoms with Crippen LogP contribution in [0.1, 0.15) is 5.56 Å². The van der Waals surface area contributed by atoms with E-state index in [-0.39, 0.29) is 6.03 Å². The average molecular weight is 271 g/mol. The van der Waals surface area contributed by atoms with Crippen molar-refractivity contribution in [1.29, 1.82) is 0 Å². The first-order valence-corrected chi connectivity index (χ1v) is 5.60. The van der Waals surface area contributed by atoms with Crippen molar-refractivity contribution in [2.75, 3.05) is 20.6 Å². The Bertz CT molecular complexity index is 341. The lowest BCUT2D eigenvalue weighted by atomic mass is 10.1. The van der Waals surface area contributed by atoms with Crippen LogP contribution >= 0.6 is 15.9 Å². The third kappa shape index (κ3) is 3.55. The number of hydrogen-bond acceptors (Lipinski definition) is 1. The van der Waals surface area contributed by atoms with Gasteiger partial charge in [0.2, 0.25) is 0 Å². The van der Waals surface area contributed by atoms with Crippen LogP contribution < -0.4 is 5.32 Å². The fraction of sp³-hybridized carbons (Fsp3) is 0.364. The van der Waals surface area contributed by atoms with Crippen LogP contribution in [0.4, 0.5) is 4.79 Å². The van der Waals surface area contributed by atoms with Crippen molar-refractivity contribution in [3.05, 3.63) is 34.3 Å². The van der Waals surface area contributed by atoms with Crippen molar-refractivity contribution >= 4 is 22.0 Å². The highest BCUT2D eigenvalue weighted by Crippen LogP contribution is 2.16. The zero-order chi connectivity index (χ0) is 11.3. The standard InChI is InChI=1S/C11H15BrN2O/c1-13-11(15)14(2)8-7-9-5-3-4-6-10(9)12/h3-6H,7-8H2,1-2H3,(H,13,15). The smallest absolute Gasteiger partial charge is 0.316 e. The number of urea groups is 1. The Morgan fingerprint density at radius 2 is 2.13 bits per heavy atom. The molecule has 3 nitrogen and oxygen atoms in total. The number of hydrogen-bond donors (Lipinski definition) is 1. The first-order valence-electron chi connectivity index (χ1n) is 4.81. The molecule has 0 aromatic heterocycles. The quantitative estimate of drug-likeness (QED) is 0.898. The lowest BCUT2D eigenvalue weighted by Crippen LogP contribution is -2.36. The molecule has 0 unspecified atom stereocenters. The number of nitrogens with zero attached hydrogens (tertiary/aromatic N) is 1. The Hall–Kier alpha value is -1.03. The summed E-state index contributed by atoms with van der Waals surface area (Å²) in [6, 6.07) is 7.99. The van der Waals surface area contributed by atoms with Crippen molar-refractivity contribution in [3.8, 4) is 0 Å². The molecule has 1 rings (SSSR count). The minimum Gasteiger partial charge on any atom is -0.341 e. The maximum absolute atomic E-state index is 11.2. The van der Waals surface area contributed by atoms with E-state index in [4.69, 9.17) is 0 Å². The summed E-state index contributed by atoms with van der Waals surface area (Å²) in [5, 5.41) is 2.59. The molecule has 0 atom stereocenters. The second kappa shape index (κ2) is 5.75. The van der Waals surface area contributed by atoms with Crippen LogP contribution in [0.3, 0.4) is 0 Å². The highest BCUT2D eigenvalue weighted by atomic mass is 79.9. The van der Waals surface area contributed by atoms with Crippen LogP contribution in [0, 0.1) is 0 Å². The molecule has 0 fully saturated rings. The Labute approximate surface area is 98.6 Å². The number of nitrogens with one attached hydrogen (secondary N) is 1. The zero-order valence-electron chi connectivity index (χ0n) is 8.96. The fourth-order valence-corrected chi connectivity index (χ4v) is 1.76. The number of halogens is 1. The molecule has 4 heteroatoms. The Kier molecular flexibility index (Phi) is 4.62. The van der Waals surface area contributed by atoms with E-state index in [0.717, 1.165) is 10.9 Å². The van der Waals surface area contributed by atoms with Gasteiger partial charge in [-0.05, 0) is 18.1 Å². The molecule has 0 bridgehead atoms. The van der Waals surface area contributed by atoms with Gasteiger partial charge in [-0.15, -0.1) is 0 Å². The second-order valence-corrected chi connectivity index (χ2v) is 4.17. The summed E-state index contributed by atoms with van der Waals surface area (Å²) < 4.78 is 1.09. The first-order chi connectivity index (χ1) is 7.15. The van der Waals surface area contributed by atoms with Gasteiger partial charge in [0.25, 0.3) is 0 Å². The van der Waals surface area contributed by atoms with E-state index in [1.807, 2.05) is 18.2 Å². The molecule has 15 heavy (non-hydrogen) atoms. The monoisotopic (exact) mass is 270 g/mol. The molecule has 0 aliphatic rings. The summed E-state index contributed by atoms with van der Waals surface area (Å²) in [7, 11) is 3.42. The highest BCUT2D eigenvalue weighted by molar-refractivity contribution is 9.10. The van der Waals surface area contributed by atoms with Gasteiger partial charge >= 0.3 is 6.03 Å². The minimum absolute atomic E-state index is 0.0537. The van der Waals surface area contributed by atoms with Gasteiger partial charge in [0, 0.05) is 25.1 Å². The normalized spacial score (nSPS) is 9.80. The molecule has 0 saturated heterocycles. The molecule has 0 radical (unpaired) electrons. The molecule has 1 aromatic rings. The summed E-state index contributed by atoms with van der Waals surface area (Å²) in [6.07, 6.45) is 0.853.